The minimum atomic E-state index is 0.0145. The van der Waals surface area contributed by atoms with Gasteiger partial charge in [0, 0.05) is 18.9 Å². The Kier molecular flexibility index (Phi) is 6.11. The molecule has 1 amide bonds. The number of aliphatic hydroxyl groups is 1. The van der Waals surface area contributed by atoms with Crippen molar-refractivity contribution in [3.8, 4) is 12.3 Å². The van der Waals surface area contributed by atoms with Crippen molar-refractivity contribution in [2.45, 2.75) is 33.6 Å². The fourth-order valence-corrected chi connectivity index (χ4v) is 2.93. The first-order valence-electron chi connectivity index (χ1n) is 6.98. The Labute approximate surface area is 116 Å². The third-order valence-corrected chi connectivity index (χ3v) is 4.11. The lowest BCUT2D eigenvalue weighted by molar-refractivity contribution is -0.121. The maximum Gasteiger partial charge on any atom is 0.221 e. The Morgan fingerprint density at radius 1 is 1.63 bits per heavy atom. The summed E-state index contributed by atoms with van der Waals surface area (Å²) in [7, 11) is 0. The number of terminal acetylenes is 1. The van der Waals surface area contributed by atoms with Gasteiger partial charge < -0.3 is 10.4 Å². The van der Waals surface area contributed by atoms with E-state index in [4.69, 9.17) is 6.42 Å². The summed E-state index contributed by atoms with van der Waals surface area (Å²) in [5, 5.41) is 12.2. The van der Waals surface area contributed by atoms with E-state index < -0.39 is 0 Å². The predicted octanol–water partition coefficient (Wildman–Crippen LogP) is 1.97. The third kappa shape index (κ3) is 4.40. The van der Waals surface area contributed by atoms with Gasteiger partial charge in [-0.05, 0) is 31.1 Å². The summed E-state index contributed by atoms with van der Waals surface area (Å²) in [5.41, 5.74) is 1.21. The molecule has 0 saturated heterocycles. The molecule has 0 saturated carbocycles. The van der Waals surface area contributed by atoms with Crippen molar-refractivity contribution >= 4 is 5.91 Å². The van der Waals surface area contributed by atoms with Gasteiger partial charge in [0.15, 0.2) is 0 Å². The third-order valence-electron chi connectivity index (χ3n) is 4.11. The molecule has 0 aromatic rings. The normalized spacial score (nSPS) is 26.7. The zero-order valence-electron chi connectivity index (χ0n) is 12.1. The van der Waals surface area contributed by atoms with Crippen molar-refractivity contribution in [3.63, 3.8) is 0 Å². The monoisotopic (exact) mass is 263 g/mol. The van der Waals surface area contributed by atoms with Gasteiger partial charge in [-0.15, -0.1) is 6.42 Å². The Balaban J connectivity index is 2.69. The Morgan fingerprint density at radius 3 is 2.84 bits per heavy atom. The molecular weight excluding hydrogens is 238 g/mol. The maximum atomic E-state index is 11.8. The van der Waals surface area contributed by atoms with Crippen LogP contribution in [0.25, 0.3) is 0 Å². The smallest absolute Gasteiger partial charge is 0.221 e. The quantitative estimate of drug-likeness (QED) is 0.588. The molecule has 0 aliphatic heterocycles. The number of hydrogen-bond acceptors (Lipinski definition) is 2. The van der Waals surface area contributed by atoms with Crippen LogP contribution in [-0.2, 0) is 4.79 Å². The summed E-state index contributed by atoms with van der Waals surface area (Å²) < 4.78 is 0. The highest BCUT2D eigenvalue weighted by atomic mass is 16.3. The van der Waals surface area contributed by atoms with Crippen LogP contribution in [0.2, 0.25) is 0 Å². The van der Waals surface area contributed by atoms with Crippen molar-refractivity contribution < 1.29 is 9.90 Å². The number of aliphatic hydroxyl groups excluding tert-OH is 1. The summed E-state index contributed by atoms with van der Waals surface area (Å²) in [5.74, 6) is 3.88. The molecule has 0 heterocycles. The van der Waals surface area contributed by atoms with E-state index in [-0.39, 0.29) is 24.3 Å². The van der Waals surface area contributed by atoms with E-state index >= 15 is 0 Å². The summed E-state index contributed by atoms with van der Waals surface area (Å²) in [6.07, 6.45) is 8.74. The number of hydrogen-bond donors (Lipinski definition) is 2. The molecule has 0 aromatic carbocycles. The molecule has 106 valence electrons. The second kappa shape index (κ2) is 7.35. The molecule has 0 bridgehead atoms. The molecule has 0 fully saturated rings. The van der Waals surface area contributed by atoms with Crippen molar-refractivity contribution in [1.82, 2.24) is 5.32 Å². The van der Waals surface area contributed by atoms with Gasteiger partial charge in [0.2, 0.25) is 5.91 Å². The van der Waals surface area contributed by atoms with Crippen molar-refractivity contribution in [2.24, 2.45) is 23.7 Å². The van der Waals surface area contributed by atoms with Crippen molar-refractivity contribution in [3.05, 3.63) is 11.6 Å². The van der Waals surface area contributed by atoms with Crippen LogP contribution in [0.3, 0.4) is 0 Å². The minimum absolute atomic E-state index is 0.0145. The maximum absolute atomic E-state index is 11.8. The fraction of sp³-hybridized carbons (Fsp3) is 0.688. The van der Waals surface area contributed by atoms with Crippen LogP contribution in [0.15, 0.2) is 11.6 Å². The first kappa shape index (κ1) is 15.8. The van der Waals surface area contributed by atoms with E-state index in [1.807, 2.05) is 0 Å². The van der Waals surface area contributed by atoms with E-state index in [0.29, 0.717) is 24.8 Å². The van der Waals surface area contributed by atoms with Crippen LogP contribution in [-0.4, -0.2) is 24.2 Å². The highest BCUT2D eigenvalue weighted by molar-refractivity contribution is 5.76. The SMILES string of the molecule is C#CCNC(=O)C[C@@H]1C[C@@H](C(C)C)[C@H](CO)C=C1C. The molecule has 1 aliphatic carbocycles. The van der Waals surface area contributed by atoms with Crippen LogP contribution < -0.4 is 5.32 Å². The van der Waals surface area contributed by atoms with E-state index in [9.17, 15) is 9.90 Å². The summed E-state index contributed by atoms with van der Waals surface area (Å²) in [6.45, 7) is 6.89. The molecule has 1 rings (SSSR count). The van der Waals surface area contributed by atoms with Crippen molar-refractivity contribution in [2.75, 3.05) is 13.2 Å². The van der Waals surface area contributed by atoms with Crippen LogP contribution in [0.5, 0.6) is 0 Å². The standard InChI is InChI=1S/C16H25NO2/c1-5-6-17-16(19)9-13-8-15(11(2)3)14(10-18)7-12(13)4/h1,7,11,13-15,18H,6,8-10H2,2-4H3,(H,17,19)/t13-,14-,15-/m0/s1. The van der Waals surface area contributed by atoms with Crippen molar-refractivity contribution in [1.29, 1.82) is 0 Å². The first-order valence-corrected chi connectivity index (χ1v) is 6.98. The zero-order valence-corrected chi connectivity index (χ0v) is 12.1. The van der Waals surface area contributed by atoms with Gasteiger partial charge in [-0.3, -0.25) is 4.79 Å². The predicted molar refractivity (Wildman–Crippen MR) is 77.2 cm³/mol. The molecule has 0 radical (unpaired) electrons. The summed E-state index contributed by atoms with van der Waals surface area (Å²) in [4.78, 5) is 11.8. The summed E-state index contributed by atoms with van der Waals surface area (Å²) in [6, 6.07) is 0. The average Bonchev–Trinajstić information content (AvgIpc) is 2.37. The molecule has 3 nitrogen and oxygen atoms in total. The molecule has 3 heteroatoms. The molecule has 0 unspecified atom stereocenters. The van der Waals surface area contributed by atoms with Crippen LogP contribution >= 0.6 is 0 Å². The van der Waals surface area contributed by atoms with Crippen LogP contribution in [0.4, 0.5) is 0 Å². The van der Waals surface area contributed by atoms with Gasteiger partial charge >= 0.3 is 0 Å². The van der Waals surface area contributed by atoms with E-state index in [1.54, 1.807) is 0 Å². The molecular formula is C16H25NO2. The lowest BCUT2D eigenvalue weighted by atomic mass is 9.70. The largest absolute Gasteiger partial charge is 0.396 e. The van der Waals surface area contributed by atoms with Gasteiger partial charge in [-0.1, -0.05) is 31.4 Å². The molecule has 0 aromatic heterocycles. The number of carbonyl (C=O) groups excluding carboxylic acids is 1. The second-order valence-electron chi connectivity index (χ2n) is 5.78. The minimum Gasteiger partial charge on any atom is -0.396 e. The lowest BCUT2D eigenvalue weighted by Crippen LogP contribution is -2.32. The lowest BCUT2D eigenvalue weighted by Gasteiger charge is -2.36. The van der Waals surface area contributed by atoms with Crippen LogP contribution in [0, 0.1) is 36.0 Å². The van der Waals surface area contributed by atoms with Gasteiger partial charge in [0.05, 0.1) is 6.54 Å². The Bertz CT molecular complexity index is 379. The number of allylic oxidation sites excluding steroid dienone is 1. The molecule has 1 aliphatic rings. The Hall–Kier alpha value is -1.27. The molecule has 2 N–H and O–H groups in total. The number of rotatable bonds is 5. The highest BCUT2D eigenvalue weighted by Gasteiger charge is 2.31. The first-order chi connectivity index (χ1) is 8.99. The zero-order chi connectivity index (χ0) is 14.4. The fourth-order valence-electron chi connectivity index (χ4n) is 2.93. The average molecular weight is 263 g/mol. The summed E-state index contributed by atoms with van der Waals surface area (Å²) >= 11 is 0. The number of amides is 1. The highest BCUT2D eigenvalue weighted by Crippen LogP contribution is 2.38. The molecule has 19 heavy (non-hydrogen) atoms. The molecule has 0 spiro atoms. The topological polar surface area (TPSA) is 49.3 Å². The van der Waals surface area contributed by atoms with E-state index in [1.165, 1.54) is 5.57 Å². The van der Waals surface area contributed by atoms with Gasteiger partial charge in [-0.25, -0.2) is 0 Å². The Morgan fingerprint density at radius 2 is 2.32 bits per heavy atom. The molecule has 3 atom stereocenters. The number of nitrogens with one attached hydrogen (secondary N) is 1. The van der Waals surface area contributed by atoms with E-state index in [0.717, 1.165) is 6.42 Å². The van der Waals surface area contributed by atoms with Gasteiger partial charge in [0.1, 0.15) is 0 Å². The van der Waals surface area contributed by atoms with E-state index in [2.05, 4.69) is 38.1 Å². The van der Waals surface area contributed by atoms with Crippen LogP contribution in [0.1, 0.15) is 33.6 Å². The number of carbonyl (C=O) groups is 1. The van der Waals surface area contributed by atoms with Gasteiger partial charge in [0.25, 0.3) is 0 Å². The second-order valence-corrected chi connectivity index (χ2v) is 5.78. The van der Waals surface area contributed by atoms with Gasteiger partial charge in [-0.2, -0.15) is 0 Å².